The number of aliphatic hydroxyl groups is 1. The van der Waals surface area contributed by atoms with E-state index < -0.39 is 6.10 Å². The highest BCUT2D eigenvalue weighted by Crippen LogP contribution is 2.32. The summed E-state index contributed by atoms with van der Waals surface area (Å²) in [5, 5.41) is 14.0. The van der Waals surface area contributed by atoms with Crippen LogP contribution in [0.4, 0.5) is 0 Å². The summed E-state index contributed by atoms with van der Waals surface area (Å²) in [5.74, 6) is 0. The molecule has 0 saturated heterocycles. The minimum Gasteiger partial charge on any atom is -0.386 e. The van der Waals surface area contributed by atoms with Crippen LogP contribution in [0.2, 0.25) is 0 Å². The molecule has 0 fully saturated rings. The molecular formula is C16H17NO. The zero-order valence-electron chi connectivity index (χ0n) is 10.2. The van der Waals surface area contributed by atoms with Crippen LogP contribution in [0.1, 0.15) is 28.8 Å². The molecule has 0 aromatic heterocycles. The van der Waals surface area contributed by atoms with Crippen LogP contribution >= 0.6 is 0 Å². The predicted octanol–water partition coefficient (Wildman–Crippen LogP) is 2.61. The molecule has 2 atom stereocenters. The van der Waals surface area contributed by atoms with Crippen molar-refractivity contribution >= 4 is 0 Å². The standard InChI is InChI=1S/C16H17NO/c18-16(13-7-2-1-3-8-13)15-14-9-5-4-6-12(14)10-11-17-15/h1-9,15-18H,10-11H2. The Bertz CT molecular complexity index is 524. The number of hydrogen-bond acceptors (Lipinski definition) is 2. The topological polar surface area (TPSA) is 32.3 Å². The summed E-state index contributed by atoms with van der Waals surface area (Å²) in [6.45, 7) is 0.922. The molecule has 3 rings (SSSR count). The number of rotatable bonds is 2. The molecular weight excluding hydrogens is 222 g/mol. The third kappa shape index (κ3) is 2.05. The predicted molar refractivity (Wildman–Crippen MR) is 72.3 cm³/mol. The fourth-order valence-electron chi connectivity index (χ4n) is 2.66. The average molecular weight is 239 g/mol. The SMILES string of the molecule is OC(c1ccccc1)C1NCCc2ccccc21. The van der Waals surface area contributed by atoms with E-state index in [1.54, 1.807) is 0 Å². The van der Waals surface area contributed by atoms with E-state index in [1.165, 1.54) is 11.1 Å². The molecule has 0 amide bonds. The third-order valence-corrected chi connectivity index (χ3v) is 3.61. The third-order valence-electron chi connectivity index (χ3n) is 3.61. The zero-order valence-corrected chi connectivity index (χ0v) is 10.2. The monoisotopic (exact) mass is 239 g/mol. The Labute approximate surface area is 107 Å². The minimum absolute atomic E-state index is 0.00245. The first-order valence-electron chi connectivity index (χ1n) is 6.40. The molecule has 0 saturated carbocycles. The van der Waals surface area contributed by atoms with Gasteiger partial charge in [-0.3, -0.25) is 0 Å². The molecule has 18 heavy (non-hydrogen) atoms. The van der Waals surface area contributed by atoms with Crippen molar-refractivity contribution in [2.75, 3.05) is 6.54 Å². The first-order chi connectivity index (χ1) is 8.86. The van der Waals surface area contributed by atoms with Crippen molar-refractivity contribution in [3.63, 3.8) is 0 Å². The largest absolute Gasteiger partial charge is 0.386 e. The normalized spacial score (nSPS) is 20.2. The summed E-state index contributed by atoms with van der Waals surface area (Å²) < 4.78 is 0. The molecule has 0 spiro atoms. The molecule has 92 valence electrons. The summed E-state index contributed by atoms with van der Waals surface area (Å²) in [5.41, 5.74) is 3.53. The van der Waals surface area contributed by atoms with Gasteiger partial charge in [-0.1, -0.05) is 54.6 Å². The van der Waals surface area contributed by atoms with Crippen LogP contribution in [0.25, 0.3) is 0 Å². The quantitative estimate of drug-likeness (QED) is 0.844. The molecule has 2 heteroatoms. The van der Waals surface area contributed by atoms with E-state index in [0.29, 0.717) is 0 Å². The van der Waals surface area contributed by atoms with Gasteiger partial charge in [0.25, 0.3) is 0 Å². The first kappa shape index (κ1) is 11.5. The Balaban J connectivity index is 1.94. The van der Waals surface area contributed by atoms with E-state index in [9.17, 15) is 5.11 Å². The van der Waals surface area contributed by atoms with Gasteiger partial charge in [0, 0.05) is 0 Å². The Kier molecular flexibility index (Phi) is 3.13. The maximum absolute atomic E-state index is 10.5. The molecule has 2 unspecified atom stereocenters. The van der Waals surface area contributed by atoms with Crippen molar-refractivity contribution in [1.29, 1.82) is 0 Å². The fourth-order valence-corrected chi connectivity index (χ4v) is 2.66. The van der Waals surface area contributed by atoms with Crippen LogP contribution in [0, 0.1) is 0 Å². The van der Waals surface area contributed by atoms with Crippen LogP contribution < -0.4 is 5.32 Å². The number of nitrogens with one attached hydrogen (secondary N) is 1. The van der Waals surface area contributed by atoms with Gasteiger partial charge in [-0.2, -0.15) is 0 Å². The highest BCUT2D eigenvalue weighted by molar-refractivity contribution is 5.35. The Morgan fingerprint density at radius 1 is 1.00 bits per heavy atom. The van der Waals surface area contributed by atoms with Gasteiger partial charge in [-0.05, 0) is 29.7 Å². The van der Waals surface area contributed by atoms with Crippen molar-refractivity contribution < 1.29 is 5.11 Å². The Hall–Kier alpha value is -1.64. The second-order valence-electron chi connectivity index (χ2n) is 4.74. The Morgan fingerprint density at radius 2 is 1.72 bits per heavy atom. The number of fused-ring (bicyclic) bond motifs is 1. The van der Waals surface area contributed by atoms with Gasteiger partial charge in [0.1, 0.15) is 0 Å². The van der Waals surface area contributed by atoms with E-state index in [0.717, 1.165) is 18.5 Å². The van der Waals surface area contributed by atoms with Crippen LogP contribution in [0.15, 0.2) is 54.6 Å². The molecule has 0 aliphatic carbocycles. The lowest BCUT2D eigenvalue weighted by Crippen LogP contribution is -2.33. The first-order valence-corrected chi connectivity index (χ1v) is 6.40. The van der Waals surface area contributed by atoms with Crippen molar-refractivity contribution in [2.24, 2.45) is 0 Å². The zero-order chi connectivity index (χ0) is 12.4. The second-order valence-corrected chi connectivity index (χ2v) is 4.74. The molecule has 1 aliphatic heterocycles. The molecule has 2 aromatic rings. The average Bonchev–Trinajstić information content (AvgIpc) is 2.47. The molecule has 0 bridgehead atoms. The molecule has 2 aromatic carbocycles. The lowest BCUT2D eigenvalue weighted by atomic mass is 9.88. The van der Waals surface area contributed by atoms with Crippen LogP contribution in [0.3, 0.4) is 0 Å². The minimum atomic E-state index is -0.493. The van der Waals surface area contributed by atoms with Crippen LogP contribution in [-0.2, 0) is 6.42 Å². The van der Waals surface area contributed by atoms with Crippen molar-refractivity contribution in [3.05, 3.63) is 71.3 Å². The maximum atomic E-state index is 10.5. The van der Waals surface area contributed by atoms with Gasteiger partial charge in [0.05, 0.1) is 12.1 Å². The van der Waals surface area contributed by atoms with E-state index in [1.807, 2.05) is 36.4 Å². The molecule has 0 radical (unpaired) electrons. The van der Waals surface area contributed by atoms with Gasteiger partial charge in [-0.25, -0.2) is 0 Å². The van der Waals surface area contributed by atoms with E-state index in [-0.39, 0.29) is 6.04 Å². The summed E-state index contributed by atoms with van der Waals surface area (Å²) in [6, 6.07) is 18.2. The van der Waals surface area contributed by atoms with Crippen molar-refractivity contribution in [2.45, 2.75) is 18.6 Å². The van der Waals surface area contributed by atoms with Crippen LogP contribution in [-0.4, -0.2) is 11.7 Å². The molecule has 1 aliphatic rings. The summed E-state index contributed by atoms with van der Waals surface area (Å²) in [4.78, 5) is 0. The molecule has 1 heterocycles. The van der Waals surface area contributed by atoms with Gasteiger partial charge < -0.3 is 10.4 Å². The summed E-state index contributed by atoms with van der Waals surface area (Å²) >= 11 is 0. The second kappa shape index (κ2) is 4.92. The van der Waals surface area contributed by atoms with Crippen molar-refractivity contribution in [3.8, 4) is 0 Å². The van der Waals surface area contributed by atoms with E-state index in [2.05, 4.69) is 23.5 Å². The number of hydrogen-bond donors (Lipinski definition) is 2. The molecule has 2 nitrogen and oxygen atoms in total. The lowest BCUT2D eigenvalue weighted by molar-refractivity contribution is 0.125. The smallest absolute Gasteiger partial charge is 0.0984 e. The van der Waals surface area contributed by atoms with E-state index in [4.69, 9.17) is 0 Å². The molecule has 2 N–H and O–H groups in total. The summed E-state index contributed by atoms with van der Waals surface area (Å²) in [6.07, 6.45) is 0.543. The van der Waals surface area contributed by atoms with Gasteiger partial charge in [-0.15, -0.1) is 0 Å². The Morgan fingerprint density at radius 3 is 2.56 bits per heavy atom. The number of benzene rings is 2. The number of aliphatic hydroxyl groups excluding tert-OH is 1. The lowest BCUT2D eigenvalue weighted by Gasteiger charge is -2.30. The fraction of sp³-hybridized carbons (Fsp3) is 0.250. The van der Waals surface area contributed by atoms with Gasteiger partial charge in [0.15, 0.2) is 0 Å². The summed E-state index contributed by atoms with van der Waals surface area (Å²) in [7, 11) is 0. The van der Waals surface area contributed by atoms with Crippen LogP contribution in [0.5, 0.6) is 0 Å². The maximum Gasteiger partial charge on any atom is 0.0984 e. The highest BCUT2D eigenvalue weighted by Gasteiger charge is 2.26. The highest BCUT2D eigenvalue weighted by atomic mass is 16.3. The van der Waals surface area contributed by atoms with Gasteiger partial charge in [0.2, 0.25) is 0 Å². The van der Waals surface area contributed by atoms with Gasteiger partial charge >= 0.3 is 0 Å². The van der Waals surface area contributed by atoms with E-state index >= 15 is 0 Å². The van der Waals surface area contributed by atoms with Crippen molar-refractivity contribution in [1.82, 2.24) is 5.32 Å².